The van der Waals surface area contributed by atoms with Crippen LogP contribution in [0, 0.1) is 0 Å². The number of aliphatic hydroxyl groups excluding tert-OH is 2. The SMILES string of the molecule is CC1(C)Cc2c(sc(NC(=O)c3[nH]ncc3C(O)CO)c2C(N)=O)C(C)(C)O1. The second kappa shape index (κ2) is 6.96. The number of rotatable bonds is 5. The first-order valence-electron chi connectivity index (χ1n) is 8.76. The Morgan fingerprint density at radius 2 is 2.11 bits per heavy atom. The molecule has 28 heavy (non-hydrogen) atoms. The lowest BCUT2D eigenvalue weighted by Gasteiger charge is -2.41. The lowest BCUT2D eigenvalue weighted by atomic mass is 9.86. The minimum absolute atomic E-state index is 0.000757. The molecule has 1 unspecified atom stereocenters. The molecular weight excluding hydrogens is 384 g/mol. The monoisotopic (exact) mass is 408 g/mol. The van der Waals surface area contributed by atoms with Crippen LogP contribution < -0.4 is 11.1 Å². The van der Waals surface area contributed by atoms with E-state index in [1.165, 1.54) is 17.5 Å². The number of nitrogens with two attached hydrogens (primary N) is 1. The smallest absolute Gasteiger partial charge is 0.274 e. The van der Waals surface area contributed by atoms with Gasteiger partial charge in [-0.2, -0.15) is 5.10 Å². The summed E-state index contributed by atoms with van der Waals surface area (Å²) in [4.78, 5) is 25.8. The standard InChI is InChI=1S/C18H24N4O5S/c1-17(2)5-8-11(14(19)25)16(28-13(8)18(3,4)27-17)21-15(26)12-9(6-20-22-12)10(24)7-23/h6,10,23-24H,5,7H2,1-4H3,(H2,19,25)(H,20,22)(H,21,26). The van der Waals surface area contributed by atoms with E-state index in [4.69, 9.17) is 15.6 Å². The third-order valence-corrected chi connectivity index (χ3v) is 6.04. The predicted molar refractivity (Wildman–Crippen MR) is 103 cm³/mol. The number of aliphatic hydroxyl groups is 2. The second-order valence-corrected chi connectivity index (χ2v) is 8.90. The van der Waals surface area contributed by atoms with E-state index < -0.39 is 35.7 Å². The van der Waals surface area contributed by atoms with Gasteiger partial charge in [0.2, 0.25) is 0 Å². The summed E-state index contributed by atoms with van der Waals surface area (Å²) in [6, 6.07) is 0. The number of aromatic amines is 1. The number of thiophene rings is 1. The first-order chi connectivity index (χ1) is 13.0. The van der Waals surface area contributed by atoms with Crippen molar-refractivity contribution in [1.82, 2.24) is 10.2 Å². The van der Waals surface area contributed by atoms with Crippen molar-refractivity contribution in [3.05, 3.63) is 33.5 Å². The Balaban J connectivity index is 2.03. The molecule has 1 aliphatic heterocycles. The van der Waals surface area contributed by atoms with Crippen LogP contribution in [0.1, 0.15) is 70.6 Å². The summed E-state index contributed by atoms with van der Waals surface area (Å²) >= 11 is 1.24. The fourth-order valence-corrected chi connectivity index (χ4v) is 4.92. The molecule has 0 fully saturated rings. The highest BCUT2D eigenvalue weighted by Gasteiger charge is 2.43. The number of carbonyl (C=O) groups excluding carboxylic acids is 2. The van der Waals surface area contributed by atoms with Gasteiger partial charge in [-0.3, -0.25) is 14.7 Å². The third-order valence-electron chi connectivity index (χ3n) is 4.59. The van der Waals surface area contributed by atoms with E-state index in [1.54, 1.807) is 0 Å². The number of ether oxygens (including phenoxy) is 1. The lowest BCUT2D eigenvalue weighted by Crippen LogP contribution is -2.42. The van der Waals surface area contributed by atoms with E-state index in [-0.39, 0.29) is 16.8 Å². The normalized spacial score (nSPS) is 18.4. The molecule has 0 aliphatic carbocycles. The van der Waals surface area contributed by atoms with Gasteiger partial charge in [0, 0.05) is 16.9 Å². The molecule has 3 heterocycles. The zero-order valence-electron chi connectivity index (χ0n) is 16.1. The van der Waals surface area contributed by atoms with Crippen molar-refractivity contribution in [2.45, 2.75) is 51.4 Å². The van der Waals surface area contributed by atoms with Crippen LogP contribution in [0.5, 0.6) is 0 Å². The fourth-order valence-electron chi connectivity index (χ4n) is 3.66. The Morgan fingerprint density at radius 3 is 2.71 bits per heavy atom. The number of hydrogen-bond acceptors (Lipinski definition) is 7. The summed E-state index contributed by atoms with van der Waals surface area (Å²) in [5.74, 6) is -1.24. The van der Waals surface area contributed by atoms with Crippen LogP contribution in [0.25, 0.3) is 0 Å². The molecule has 9 nitrogen and oxygen atoms in total. The largest absolute Gasteiger partial charge is 0.393 e. The van der Waals surface area contributed by atoms with Crippen LogP contribution in [0.4, 0.5) is 5.00 Å². The summed E-state index contributed by atoms with van der Waals surface area (Å²) in [6.07, 6.45) is 0.498. The lowest BCUT2D eigenvalue weighted by molar-refractivity contribution is -0.135. The van der Waals surface area contributed by atoms with E-state index in [0.717, 1.165) is 10.4 Å². The zero-order valence-corrected chi connectivity index (χ0v) is 16.9. The maximum atomic E-state index is 12.7. The summed E-state index contributed by atoms with van der Waals surface area (Å²) in [5.41, 5.74) is 5.69. The minimum atomic E-state index is -1.25. The molecule has 2 aromatic rings. The van der Waals surface area contributed by atoms with E-state index in [0.29, 0.717) is 11.4 Å². The van der Waals surface area contributed by atoms with Gasteiger partial charge in [-0.25, -0.2) is 0 Å². The molecule has 0 aromatic carbocycles. The van der Waals surface area contributed by atoms with Gasteiger partial charge in [-0.15, -0.1) is 11.3 Å². The van der Waals surface area contributed by atoms with E-state index in [9.17, 15) is 14.7 Å². The molecule has 1 atom stereocenters. The van der Waals surface area contributed by atoms with Crippen LogP contribution in [-0.2, 0) is 16.8 Å². The number of hydrogen-bond donors (Lipinski definition) is 5. The van der Waals surface area contributed by atoms with Crippen molar-refractivity contribution in [3.8, 4) is 0 Å². The highest BCUT2D eigenvalue weighted by atomic mass is 32.1. The van der Waals surface area contributed by atoms with E-state index in [1.807, 2.05) is 27.7 Å². The molecular formula is C18H24N4O5S. The Morgan fingerprint density at radius 1 is 1.43 bits per heavy atom. The second-order valence-electron chi connectivity index (χ2n) is 7.88. The molecule has 152 valence electrons. The zero-order chi connectivity index (χ0) is 20.9. The molecule has 2 aromatic heterocycles. The average molecular weight is 408 g/mol. The van der Waals surface area contributed by atoms with Crippen LogP contribution in [-0.4, -0.2) is 44.4 Å². The average Bonchev–Trinajstić information content (AvgIpc) is 3.17. The first kappa shape index (κ1) is 20.5. The van der Waals surface area contributed by atoms with Crippen LogP contribution in [0.3, 0.4) is 0 Å². The Kier molecular flexibility index (Phi) is 5.09. The molecule has 0 spiro atoms. The fraction of sp³-hybridized carbons (Fsp3) is 0.500. The van der Waals surface area contributed by atoms with Crippen LogP contribution in [0.15, 0.2) is 6.20 Å². The number of carbonyl (C=O) groups is 2. The molecule has 0 saturated carbocycles. The van der Waals surface area contributed by atoms with E-state index in [2.05, 4.69) is 15.5 Å². The van der Waals surface area contributed by atoms with E-state index >= 15 is 0 Å². The Hall–Kier alpha value is -2.27. The molecule has 0 radical (unpaired) electrons. The summed E-state index contributed by atoms with van der Waals surface area (Å²) in [7, 11) is 0. The quantitative estimate of drug-likeness (QED) is 0.505. The number of amides is 2. The van der Waals surface area contributed by atoms with Gasteiger partial charge < -0.3 is 26.0 Å². The molecule has 0 bridgehead atoms. The maximum Gasteiger partial charge on any atom is 0.274 e. The summed E-state index contributed by atoms with van der Waals surface area (Å²) in [5, 5.41) is 28.3. The molecule has 10 heteroatoms. The van der Waals surface area contributed by atoms with Gasteiger partial charge in [0.25, 0.3) is 11.8 Å². The van der Waals surface area contributed by atoms with Crippen molar-refractivity contribution >= 4 is 28.2 Å². The number of aromatic nitrogens is 2. The number of fused-ring (bicyclic) bond motifs is 1. The molecule has 1 aliphatic rings. The maximum absolute atomic E-state index is 12.7. The van der Waals surface area contributed by atoms with Gasteiger partial charge in [0.15, 0.2) is 0 Å². The van der Waals surface area contributed by atoms with Gasteiger partial charge in [-0.05, 0) is 33.3 Å². The number of nitrogens with one attached hydrogen (secondary N) is 2. The third kappa shape index (κ3) is 3.55. The van der Waals surface area contributed by atoms with Crippen LogP contribution >= 0.6 is 11.3 Å². The van der Waals surface area contributed by atoms with Crippen molar-refractivity contribution < 1.29 is 24.5 Å². The van der Waals surface area contributed by atoms with Gasteiger partial charge in [0.05, 0.1) is 29.6 Å². The minimum Gasteiger partial charge on any atom is -0.393 e. The van der Waals surface area contributed by atoms with Crippen molar-refractivity contribution in [2.24, 2.45) is 5.73 Å². The van der Waals surface area contributed by atoms with Gasteiger partial charge in [0.1, 0.15) is 16.8 Å². The number of anilines is 1. The molecule has 0 saturated heterocycles. The van der Waals surface area contributed by atoms with Gasteiger partial charge in [-0.1, -0.05) is 0 Å². The highest BCUT2D eigenvalue weighted by molar-refractivity contribution is 7.17. The number of nitrogens with zero attached hydrogens (tertiary/aromatic N) is 1. The molecule has 3 rings (SSSR count). The topological polar surface area (TPSA) is 151 Å². The van der Waals surface area contributed by atoms with Crippen molar-refractivity contribution in [1.29, 1.82) is 0 Å². The van der Waals surface area contributed by atoms with Crippen molar-refractivity contribution in [3.63, 3.8) is 0 Å². The highest BCUT2D eigenvalue weighted by Crippen LogP contribution is 2.48. The molecule has 2 amide bonds. The van der Waals surface area contributed by atoms with Crippen LogP contribution in [0.2, 0.25) is 0 Å². The first-order valence-corrected chi connectivity index (χ1v) is 9.58. The number of primary amides is 1. The van der Waals surface area contributed by atoms with Crippen molar-refractivity contribution in [2.75, 3.05) is 11.9 Å². The number of H-pyrrole nitrogens is 1. The predicted octanol–water partition coefficient (Wildman–Crippen LogP) is 1.43. The molecule has 6 N–H and O–H groups in total. The van der Waals surface area contributed by atoms with Gasteiger partial charge >= 0.3 is 0 Å². The Labute approximate surface area is 165 Å². The summed E-state index contributed by atoms with van der Waals surface area (Å²) in [6.45, 7) is 7.13. The summed E-state index contributed by atoms with van der Waals surface area (Å²) < 4.78 is 6.15. The Bertz CT molecular complexity index is 931.